The van der Waals surface area contributed by atoms with Crippen molar-refractivity contribution in [3.8, 4) is 0 Å². The maximum atomic E-state index is 11.8. The predicted octanol–water partition coefficient (Wildman–Crippen LogP) is 1.32. The zero-order chi connectivity index (χ0) is 9.45. The molecule has 0 aromatic rings. The van der Waals surface area contributed by atoms with Crippen LogP contribution in [-0.2, 0) is 19.6 Å². The third-order valence-electron chi connectivity index (χ3n) is 0.700. The Hall–Kier alpha value is -0.180. The van der Waals surface area contributed by atoms with Crippen molar-refractivity contribution in [2.24, 2.45) is 0 Å². The highest BCUT2D eigenvalue weighted by molar-refractivity contribution is 7.94. The van der Waals surface area contributed by atoms with E-state index >= 15 is 0 Å². The third kappa shape index (κ3) is 9.82. The molecule has 0 bridgehead atoms. The molecule has 0 rings (SSSR count). The summed E-state index contributed by atoms with van der Waals surface area (Å²) >= 11 is 0.603. The van der Waals surface area contributed by atoms with Crippen LogP contribution >= 0.6 is 12.0 Å². The van der Waals surface area contributed by atoms with Gasteiger partial charge in [-0.3, -0.25) is 0 Å². The van der Waals surface area contributed by atoms with Gasteiger partial charge in [0, 0.05) is 17.8 Å². The summed E-state index contributed by atoms with van der Waals surface area (Å²) in [4.78, 5) is 0. The van der Waals surface area contributed by atoms with E-state index in [1.54, 1.807) is 0 Å². The molecule has 0 saturated carbocycles. The molecule has 0 atom stereocenters. The lowest BCUT2D eigenvalue weighted by molar-refractivity contribution is -0.358. The zero-order valence-electron chi connectivity index (χ0n) is 5.77. The molecule has 0 heterocycles. The fourth-order valence-electron chi connectivity index (χ4n) is 0.336. The molecule has 0 aliphatic heterocycles. The highest BCUT2D eigenvalue weighted by atomic mass is 32.3. The molecule has 12 heavy (non-hydrogen) atoms. The lowest BCUT2D eigenvalue weighted by atomic mass is 10.6. The molecule has 0 aromatic carbocycles. The van der Waals surface area contributed by atoms with E-state index in [0.29, 0.717) is 12.0 Å². The summed E-state index contributed by atoms with van der Waals surface area (Å²) in [6, 6.07) is 0. The standard InChI is InChI=1S/C4H6F2O4S2/c5-9-10-11-3-1-2-4-12(6,7)8/h1-2H,3-4H2/b2-1-. The fourth-order valence-corrected chi connectivity index (χ4v) is 1.01. The van der Waals surface area contributed by atoms with Crippen LogP contribution in [0.15, 0.2) is 12.2 Å². The number of hydrogen-bond donors (Lipinski definition) is 0. The van der Waals surface area contributed by atoms with Crippen molar-refractivity contribution in [3.05, 3.63) is 12.2 Å². The molecule has 72 valence electrons. The molecule has 4 nitrogen and oxygen atoms in total. The topological polar surface area (TPSA) is 52.6 Å². The van der Waals surface area contributed by atoms with Gasteiger partial charge < -0.3 is 0 Å². The van der Waals surface area contributed by atoms with E-state index in [2.05, 4.69) is 9.43 Å². The van der Waals surface area contributed by atoms with Crippen molar-refractivity contribution in [1.82, 2.24) is 0 Å². The first-order valence-electron chi connectivity index (χ1n) is 2.70. The van der Waals surface area contributed by atoms with Crippen LogP contribution in [0, 0.1) is 0 Å². The number of rotatable bonds is 6. The van der Waals surface area contributed by atoms with E-state index < -0.39 is 16.0 Å². The van der Waals surface area contributed by atoms with Crippen LogP contribution in [0.1, 0.15) is 0 Å². The summed E-state index contributed by atoms with van der Waals surface area (Å²) in [6.07, 6.45) is 2.39. The Kier molecular flexibility index (Phi) is 6.25. The van der Waals surface area contributed by atoms with Crippen LogP contribution in [0.5, 0.6) is 0 Å². The minimum absolute atomic E-state index is 0.166. The first-order chi connectivity index (χ1) is 5.56. The molecule has 0 aromatic heterocycles. The van der Waals surface area contributed by atoms with Crippen LogP contribution in [-0.4, -0.2) is 19.9 Å². The summed E-state index contributed by atoms with van der Waals surface area (Å²) in [5, 5.41) is 2.73. The Labute approximate surface area is 72.8 Å². The van der Waals surface area contributed by atoms with E-state index in [1.165, 1.54) is 6.08 Å². The molecule has 0 radical (unpaired) electrons. The predicted molar refractivity (Wildman–Crippen MR) is 39.8 cm³/mol. The van der Waals surface area contributed by atoms with E-state index in [4.69, 9.17) is 0 Å². The monoisotopic (exact) mass is 220 g/mol. The van der Waals surface area contributed by atoms with E-state index in [1.807, 2.05) is 0 Å². The van der Waals surface area contributed by atoms with Gasteiger partial charge in [0.2, 0.25) is 0 Å². The van der Waals surface area contributed by atoms with Gasteiger partial charge in [0.25, 0.3) is 0 Å². The van der Waals surface area contributed by atoms with Gasteiger partial charge in [-0.2, -0.15) is 8.42 Å². The molecular weight excluding hydrogens is 214 g/mol. The highest BCUT2D eigenvalue weighted by Crippen LogP contribution is 2.03. The van der Waals surface area contributed by atoms with Crippen LogP contribution in [0.4, 0.5) is 8.41 Å². The minimum Gasteiger partial charge on any atom is -0.195 e. The van der Waals surface area contributed by atoms with Gasteiger partial charge in [-0.25, -0.2) is 0 Å². The summed E-state index contributed by atoms with van der Waals surface area (Å²) in [7, 11) is -4.46. The first-order valence-corrected chi connectivity index (χ1v) is 5.17. The van der Waals surface area contributed by atoms with Crippen molar-refractivity contribution >= 4 is 22.3 Å². The second kappa shape index (κ2) is 6.35. The van der Waals surface area contributed by atoms with Crippen molar-refractivity contribution in [2.45, 2.75) is 0 Å². The lowest BCUT2D eigenvalue weighted by Crippen LogP contribution is -1.93. The Bertz CT molecular complexity index is 225. The summed E-state index contributed by atoms with van der Waals surface area (Å²) in [6.45, 7) is 0. The van der Waals surface area contributed by atoms with Gasteiger partial charge >= 0.3 is 10.2 Å². The zero-order valence-corrected chi connectivity index (χ0v) is 7.41. The SMILES string of the molecule is O=S(=O)(F)C/C=C\CSOOF. The molecule has 0 saturated heterocycles. The largest absolute Gasteiger partial charge is 0.305 e. The Balaban J connectivity index is 3.39. The number of halogens is 2. The van der Waals surface area contributed by atoms with Gasteiger partial charge in [-0.05, 0) is 9.62 Å². The maximum Gasteiger partial charge on any atom is 0.305 e. The molecule has 8 heteroatoms. The van der Waals surface area contributed by atoms with Crippen molar-refractivity contribution < 1.29 is 26.3 Å². The van der Waals surface area contributed by atoms with Crippen molar-refractivity contribution in [2.75, 3.05) is 11.5 Å². The normalized spacial score (nSPS) is 12.5. The lowest BCUT2D eigenvalue weighted by Gasteiger charge is -1.88. The Morgan fingerprint density at radius 3 is 2.58 bits per heavy atom. The van der Waals surface area contributed by atoms with Gasteiger partial charge in [0.15, 0.2) is 0 Å². The van der Waals surface area contributed by atoms with E-state index in [9.17, 15) is 16.8 Å². The summed E-state index contributed by atoms with van der Waals surface area (Å²) in [5.41, 5.74) is 0. The van der Waals surface area contributed by atoms with E-state index in [0.717, 1.165) is 6.08 Å². The average Bonchev–Trinajstić information content (AvgIpc) is 1.94. The Morgan fingerprint density at radius 1 is 1.42 bits per heavy atom. The summed E-state index contributed by atoms with van der Waals surface area (Å²) in [5.74, 6) is -0.524. The molecule has 0 fully saturated rings. The van der Waals surface area contributed by atoms with Gasteiger partial charge in [-0.15, -0.1) is 8.22 Å². The Morgan fingerprint density at radius 2 is 2.08 bits per heavy atom. The molecule has 0 N–H and O–H groups in total. The van der Waals surface area contributed by atoms with Crippen LogP contribution in [0.25, 0.3) is 0 Å². The summed E-state index contributed by atoms with van der Waals surface area (Å²) < 4.78 is 46.0. The van der Waals surface area contributed by atoms with Crippen LogP contribution in [0.3, 0.4) is 0 Å². The molecular formula is C4H6F2O4S2. The third-order valence-corrected chi connectivity index (χ3v) is 1.77. The molecule has 0 amide bonds. The van der Waals surface area contributed by atoms with Crippen molar-refractivity contribution in [3.63, 3.8) is 0 Å². The molecule has 0 aliphatic carbocycles. The molecule has 0 unspecified atom stereocenters. The van der Waals surface area contributed by atoms with Gasteiger partial charge in [0.1, 0.15) is 0 Å². The first kappa shape index (κ1) is 11.8. The highest BCUT2D eigenvalue weighted by Gasteiger charge is 2.01. The smallest absolute Gasteiger partial charge is 0.195 e. The fraction of sp³-hybridized carbons (Fsp3) is 0.500. The average molecular weight is 220 g/mol. The van der Waals surface area contributed by atoms with Crippen LogP contribution < -0.4 is 0 Å². The molecule has 0 aliphatic rings. The second-order valence-corrected chi connectivity index (χ2v) is 3.71. The quantitative estimate of drug-likeness (QED) is 0.169. The van der Waals surface area contributed by atoms with E-state index in [-0.39, 0.29) is 5.75 Å². The van der Waals surface area contributed by atoms with Gasteiger partial charge in [0.05, 0.1) is 5.75 Å². The number of hydrogen-bond acceptors (Lipinski definition) is 5. The van der Waals surface area contributed by atoms with Crippen LogP contribution in [0.2, 0.25) is 0 Å². The second-order valence-electron chi connectivity index (χ2n) is 1.59. The van der Waals surface area contributed by atoms with Crippen molar-refractivity contribution in [1.29, 1.82) is 0 Å². The minimum atomic E-state index is -4.46. The maximum absolute atomic E-state index is 11.8. The molecule has 0 spiro atoms. The van der Waals surface area contributed by atoms with Gasteiger partial charge in [-0.1, -0.05) is 12.2 Å².